The summed E-state index contributed by atoms with van der Waals surface area (Å²) in [7, 11) is 0. The Morgan fingerprint density at radius 2 is 1.76 bits per heavy atom. The molecule has 29 heavy (non-hydrogen) atoms. The number of likely N-dealkylation sites (tertiary alicyclic amines) is 1. The van der Waals surface area contributed by atoms with Crippen molar-refractivity contribution >= 4 is 17.6 Å². The van der Waals surface area contributed by atoms with E-state index in [1.807, 2.05) is 77.7 Å². The standard InChI is InChI=1S/C24H25N3O2/c28-24(29-18-19-10-3-1-4-11-19)27-17-8-7-15-22(27)21-14-9-16-25-23(21)26-20-12-5-2-6-13-20/h1-6,9-14,16,22H,7-8,15,17-18H2,(H,25,26)/t22-/m0/s1. The molecule has 0 aliphatic carbocycles. The third-order valence-corrected chi connectivity index (χ3v) is 5.18. The number of amides is 1. The van der Waals surface area contributed by atoms with E-state index in [0.717, 1.165) is 41.9 Å². The SMILES string of the molecule is O=C(OCc1ccccc1)N1CCCC[C@H]1c1cccnc1Nc1ccccc1. The third kappa shape index (κ3) is 4.74. The highest BCUT2D eigenvalue weighted by atomic mass is 16.6. The zero-order chi connectivity index (χ0) is 19.9. The van der Waals surface area contributed by atoms with E-state index in [1.165, 1.54) is 0 Å². The topological polar surface area (TPSA) is 54.5 Å². The van der Waals surface area contributed by atoms with Crippen LogP contribution < -0.4 is 5.32 Å². The van der Waals surface area contributed by atoms with Gasteiger partial charge in [-0.2, -0.15) is 0 Å². The van der Waals surface area contributed by atoms with E-state index in [0.29, 0.717) is 6.54 Å². The van der Waals surface area contributed by atoms with Crippen molar-refractivity contribution in [2.24, 2.45) is 0 Å². The van der Waals surface area contributed by atoms with Crippen LogP contribution in [0.4, 0.5) is 16.3 Å². The molecule has 0 saturated carbocycles. The van der Waals surface area contributed by atoms with Crippen LogP contribution in [0.2, 0.25) is 0 Å². The molecule has 0 spiro atoms. The first-order valence-electron chi connectivity index (χ1n) is 10.1. The molecule has 1 aliphatic heterocycles. The fourth-order valence-corrected chi connectivity index (χ4v) is 3.72. The van der Waals surface area contributed by atoms with Gasteiger partial charge in [-0.1, -0.05) is 54.6 Å². The van der Waals surface area contributed by atoms with Crippen molar-refractivity contribution in [3.63, 3.8) is 0 Å². The normalized spacial score (nSPS) is 16.3. The molecule has 2 heterocycles. The zero-order valence-electron chi connectivity index (χ0n) is 16.3. The molecule has 0 bridgehead atoms. The largest absolute Gasteiger partial charge is 0.445 e. The number of hydrogen-bond donors (Lipinski definition) is 1. The second-order valence-corrected chi connectivity index (χ2v) is 7.18. The number of anilines is 2. The first kappa shape index (κ1) is 19.0. The predicted octanol–water partition coefficient (Wildman–Crippen LogP) is 5.69. The van der Waals surface area contributed by atoms with Crippen LogP contribution >= 0.6 is 0 Å². The number of pyridine rings is 1. The quantitative estimate of drug-likeness (QED) is 0.611. The molecule has 148 valence electrons. The lowest BCUT2D eigenvalue weighted by Gasteiger charge is -2.35. The summed E-state index contributed by atoms with van der Waals surface area (Å²) in [5.74, 6) is 0.784. The second kappa shape index (κ2) is 9.24. The van der Waals surface area contributed by atoms with Crippen LogP contribution in [0, 0.1) is 0 Å². The summed E-state index contributed by atoms with van der Waals surface area (Å²) < 4.78 is 5.62. The van der Waals surface area contributed by atoms with Gasteiger partial charge in [0.05, 0.1) is 6.04 Å². The Hall–Kier alpha value is -3.34. The van der Waals surface area contributed by atoms with Crippen molar-refractivity contribution in [3.05, 3.63) is 90.1 Å². The van der Waals surface area contributed by atoms with E-state index in [-0.39, 0.29) is 18.7 Å². The molecular weight excluding hydrogens is 362 g/mol. The molecule has 1 amide bonds. The molecule has 4 rings (SSSR count). The van der Waals surface area contributed by atoms with Gasteiger partial charge in [-0.25, -0.2) is 9.78 Å². The lowest BCUT2D eigenvalue weighted by Crippen LogP contribution is -2.39. The Morgan fingerprint density at radius 3 is 2.55 bits per heavy atom. The third-order valence-electron chi connectivity index (χ3n) is 5.18. The summed E-state index contributed by atoms with van der Waals surface area (Å²) in [6, 6.07) is 23.7. The number of piperidine rings is 1. The highest BCUT2D eigenvalue weighted by Gasteiger charge is 2.31. The summed E-state index contributed by atoms with van der Waals surface area (Å²) in [4.78, 5) is 19.3. The molecular formula is C24H25N3O2. The molecule has 1 atom stereocenters. The Morgan fingerprint density at radius 1 is 1.00 bits per heavy atom. The monoisotopic (exact) mass is 387 g/mol. The maximum absolute atomic E-state index is 12.9. The van der Waals surface area contributed by atoms with Gasteiger partial charge in [-0.05, 0) is 43.0 Å². The summed E-state index contributed by atoms with van der Waals surface area (Å²) in [5.41, 5.74) is 2.98. The van der Waals surface area contributed by atoms with Gasteiger partial charge in [0, 0.05) is 24.0 Å². The number of rotatable bonds is 5. The number of hydrogen-bond acceptors (Lipinski definition) is 4. The predicted molar refractivity (Wildman–Crippen MR) is 114 cm³/mol. The van der Waals surface area contributed by atoms with Crippen LogP contribution in [0.1, 0.15) is 36.4 Å². The van der Waals surface area contributed by atoms with Crippen molar-refractivity contribution in [3.8, 4) is 0 Å². The van der Waals surface area contributed by atoms with Crippen LogP contribution in [-0.4, -0.2) is 22.5 Å². The van der Waals surface area contributed by atoms with Gasteiger partial charge in [0.1, 0.15) is 12.4 Å². The Kier molecular flexibility index (Phi) is 6.05. The highest BCUT2D eigenvalue weighted by Crippen LogP contribution is 2.35. The molecule has 1 N–H and O–H groups in total. The van der Waals surface area contributed by atoms with Gasteiger partial charge in [0.15, 0.2) is 0 Å². The first-order chi connectivity index (χ1) is 14.3. The average molecular weight is 387 g/mol. The zero-order valence-corrected chi connectivity index (χ0v) is 16.3. The van der Waals surface area contributed by atoms with E-state index in [1.54, 1.807) is 6.20 Å². The lowest BCUT2D eigenvalue weighted by atomic mass is 9.96. The van der Waals surface area contributed by atoms with Crippen LogP contribution in [0.25, 0.3) is 0 Å². The number of ether oxygens (including phenoxy) is 1. The summed E-state index contributed by atoms with van der Waals surface area (Å²) >= 11 is 0. The van der Waals surface area contributed by atoms with Crippen molar-refractivity contribution in [1.82, 2.24) is 9.88 Å². The summed E-state index contributed by atoms with van der Waals surface area (Å²) in [6.45, 7) is 0.975. The minimum absolute atomic E-state index is 0.0491. The summed E-state index contributed by atoms with van der Waals surface area (Å²) in [5, 5.41) is 3.40. The van der Waals surface area contributed by atoms with Gasteiger partial charge < -0.3 is 15.0 Å². The fraction of sp³-hybridized carbons (Fsp3) is 0.250. The van der Waals surface area contributed by atoms with Gasteiger partial charge in [0.2, 0.25) is 0 Å². The Balaban J connectivity index is 1.52. The minimum atomic E-state index is -0.270. The number of carbonyl (C=O) groups is 1. The van der Waals surface area contributed by atoms with Crippen LogP contribution in [0.5, 0.6) is 0 Å². The second-order valence-electron chi connectivity index (χ2n) is 7.18. The van der Waals surface area contributed by atoms with Crippen molar-refractivity contribution in [2.75, 3.05) is 11.9 Å². The van der Waals surface area contributed by atoms with Crippen molar-refractivity contribution < 1.29 is 9.53 Å². The maximum atomic E-state index is 12.9. The molecule has 0 unspecified atom stereocenters. The van der Waals surface area contributed by atoms with E-state index >= 15 is 0 Å². The van der Waals surface area contributed by atoms with E-state index < -0.39 is 0 Å². The summed E-state index contributed by atoms with van der Waals surface area (Å²) in [6.07, 6.45) is 4.46. The average Bonchev–Trinajstić information content (AvgIpc) is 2.79. The van der Waals surface area contributed by atoms with Crippen LogP contribution in [0.3, 0.4) is 0 Å². The molecule has 0 radical (unpaired) electrons. The van der Waals surface area contributed by atoms with Gasteiger partial charge >= 0.3 is 6.09 Å². The molecule has 5 nitrogen and oxygen atoms in total. The Labute approximate surface area is 171 Å². The van der Waals surface area contributed by atoms with Crippen molar-refractivity contribution in [1.29, 1.82) is 0 Å². The Bertz CT molecular complexity index is 931. The molecule has 5 heteroatoms. The van der Waals surface area contributed by atoms with Gasteiger partial charge in [-0.15, -0.1) is 0 Å². The number of benzene rings is 2. The van der Waals surface area contributed by atoms with Crippen LogP contribution in [-0.2, 0) is 11.3 Å². The molecule has 1 fully saturated rings. The highest BCUT2D eigenvalue weighted by molar-refractivity contribution is 5.69. The first-order valence-corrected chi connectivity index (χ1v) is 10.1. The molecule has 3 aromatic rings. The maximum Gasteiger partial charge on any atom is 0.410 e. The molecule has 1 saturated heterocycles. The van der Waals surface area contributed by atoms with E-state index in [4.69, 9.17) is 4.74 Å². The number of aromatic nitrogens is 1. The van der Waals surface area contributed by atoms with Crippen LogP contribution in [0.15, 0.2) is 79.0 Å². The lowest BCUT2D eigenvalue weighted by molar-refractivity contribution is 0.0680. The molecule has 2 aromatic carbocycles. The number of nitrogens with zero attached hydrogens (tertiary/aromatic N) is 2. The number of carbonyl (C=O) groups excluding carboxylic acids is 1. The minimum Gasteiger partial charge on any atom is -0.445 e. The van der Waals surface area contributed by atoms with E-state index in [9.17, 15) is 4.79 Å². The van der Waals surface area contributed by atoms with E-state index in [2.05, 4.69) is 10.3 Å². The molecule has 1 aliphatic rings. The number of para-hydroxylation sites is 1. The van der Waals surface area contributed by atoms with Gasteiger partial charge in [0.25, 0.3) is 0 Å². The number of nitrogens with one attached hydrogen (secondary N) is 1. The van der Waals surface area contributed by atoms with Gasteiger partial charge in [-0.3, -0.25) is 0 Å². The fourth-order valence-electron chi connectivity index (χ4n) is 3.72. The smallest absolute Gasteiger partial charge is 0.410 e. The van der Waals surface area contributed by atoms with Crippen molar-refractivity contribution in [2.45, 2.75) is 31.9 Å². The molecule has 1 aromatic heterocycles.